The van der Waals surface area contributed by atoms with E-state index >= 15 is 0 Å². The number of carbonyl (C=O) groups excluding carboxylic acids is 1. The number of fused-ring (bicyclic) bond motifs is 1. The highest BCUT2D eigenvalue weighted by atomic mass is 19.4. The number of nitrogens with zero attached hydrogens (tertiary/aromatic N) is 1. The lowest BCUT2D eigenvalue weighted by atomic mass is 9.95. The van der Waals surface area contributed by atoms with Gasteiger partial charge in [0, 0.05) is 40.4 Å². The van der Waals surface area contributed by atoms with Gasteiger partial charge in [-0.1, -0.05) is 19.1 Å². The van der Waals surface area contributed by atoms with Gasteiger partial charge in [0.05, 0.1) is 29.7 Å². The predicted molar refractivity (Wildman–Crippen MR) is 152 cm³/mol. The molecule has 1 saturated carbocycles. The van der Waals surface area contributed by atoms with Crippen molar-refractivity contribution in [2.24, 2.45) is 5.73 Å². The minimum absolute atomic E-state index is 0.00913. The molecule has 13 heteroatoms. The van der Waals surface area contributed by atoms with Gasteiger partial charge in [0.1, 0.15) is 23.1 Å². The number of nitrogens with one attached hydrogen (secondary N) is 1. The van der Waals surface area contributed by atoms with Crippen molar-refractivity contribution in [1.82, 2.24) is 10.3 Å². The van der Waals surface area contributed by atoms with Crippen LogP contribution >= 0.6 is 0 Å². The average Bonchev–Trinajstić information content (AvgIpc) is 3.68. The van der Waals surface area contributed by atoms with Crippen LogP contribution in [-0.4, -0.2) is 36.3 Å². The van der Waals surface area contributed by atoms with Gasteiger partial charge in [0.15, 0.2) is 0 Å². The van der Waals surface area contributed by atoms with Crippen LogP contribution in [0.15, 0.2) is 48.2 Å². The SMILES string of the molecule is C/C(N)=C/c1cc(C(=O)NCC(c2cc3c(c(-c4ccc(C(F)(F)F)cc4)n2)OCC3C)C(F)(F)F)cc(OC2CC2)c1N. The topological polar surface area (TPSA) is 112 Å². The molecule has 0 spiro atoms. The Morgan fingerprint density at radius 2 is 1.82 bits per heavy atom. The van der Waals surface area contributed by atoms with E-state index in [-0.39, 0.29) is 52.6 Å². The molecule has 1 fully saturated rings. The molecular weight excluding hydrogens is 590 g/mol. The Morgan fingerprint density at radius 3 is 2.41 bits per heavy atom. The van der Waals surface area contributed by atoms with Crippen LogP contribution in [0.3, 0.4) is 0 Å². The minimum atomic E-state index is -4.83. The summed E-state index contributed by atoms with van der Waals surface area (Å²) in [7, 11) is 0. The molecule has 1 aliphatic heterocycles. The van der Waals surface area contributed by atoms with Gasteiger partial charge in [-0.15, -0.1) is 0 Å². The summed E-state index contributed by atoms with van der Waals surface area (Å²) in [6.45, 7) is 2.69. The van der Waals surface area contributed by atoms with E-state index < -0.39 is 42.0 Å². The maximum Gasteiger partial charge on any atom is 0.416 e. The summed E-state index contributed by atoms with van der Waals surface area (Å²) in [5.74, 6) is -2.88. The monoisotopic (exact) mass is 620 g/mol. The number of halogens is 6. The van der Waals surface area contributed by atoms with Crippen LogP contribution in [0.5, 0.6) is 11.5 Å². The summed E-state index contributed by atoms with van der Waals surface area (Å²) in [4.78, 5) is 17.4. The highest BCUT2D eigenvalue weighted by molar-refractivity contribution is 5.96. The number of pyridine rings is 1. The Bertz CT molecular complexity index is 1590. The molecule has 2 unspecified atom stereocenters. The fourth-order valence-corrected chi connectivity index (χ4v) is 4.87. The minimum Gasteiger partial charge on any atom is -0.490 e. The van der Waals surface area contributed by atoms with Crippen molar-refractivity contribution in [3.63, 3.8) is 0 Å². The lowest BCUT2D eigenvalue weighted by Crippen LogP contribution is -2.35. The number of alkyl halides is 6. The van der Waals surface area contributed by atoms with E-state index in [1.807, 2.05) is 0 Å². The Morgan fingerprint density at radius 1 is 1.14 bits per heavy atom. The first-order valence-electron chi connectivity index (χ1n) is 13.9. The van der Waals surface area contributed by atoms with Gasteiger partial charge in [0.25, 0.3) is 5.91 Å². The number of hydrogen-bond acceptors (Lipinski definition) is 6. The van der Waals surface area contributed by atoms with Gasteiger partial charge < -0.3 is 26.3 Å². The molecule has 5 N–H and O–H groups in total. The van der Waals surface area contributed by atoms with E-state index in [0.29, 0.717) is 16.8 Å². The largest absolute Gasteiger partial charge is 0.490 e. The van der Waals surface area contributed by atoms with Crippen molar-refractivity contribution < 1.29 is 40.6 Å². The second-order valence-electron chi connectivity index (χ2n) is 11.1. The van der Waals surface area contributed by atoms with E-state index in [2.05, 4.69) is 10.3 Å². The van der Waals surface area contributed by atoms with Gasteiger partial charge in [-0.2, -0.15) is 26.3 Å². The molecule has 1 amide bonds. The number of ether oxygens (including phenoxy) is 2. The van der Waals surface area contributed by atoms with Crippen LogP contribution in [0.4, 0.5) is 32.0 Å². The van der Waals surface area contributed by atoms with Crippen molar-refractivity contribution in [3.05, 3.63) is 76.1 Å². The van der Waals surface area contributed by atoms with Crippen molar-refractivity contribution in [2.75, 3.05) is 18.9 Å². The molecule has 2 aromatic carbocycles. The molecule has 7 nitrogen and oxygen atoms in total. The number of nitrogen functional groups attached to an aromatic ring is 1. The molecule has 0 bridgehead atoms. The number of benzene rings is 2. The summed E-state index contributed by atoms with van der Waals surface area (Å²) >= 11 is 0. The van der Waals surface area contributed by atoms with E-state index in [9.17, 15) is 31.1 Å². The number of anilines is 1. The molecular formula is C31H30F6N4O3. The van der Waals surface area contributed by atoms with Crippen LogP contribution in [-0.2, 0) is 6.18 Å². The zero-order chi connectivity index (χ0) is 32.0. The van der Waals surface area contributed by atoms with Crippen molar-refractivity contribution >= 4 is 17.7 Å². The molecule has 44 heavy (non-hydrogen) atoms. The quantitative estimate of drug-likeness (QED) is 0.189. The zero-order valence-corrected chi connectivity index (χ0v) is 23.8. The number of amides is 1. The van der Waals surface area contributed by atoms with Crippen LogP contribution in [0.2, 0.25) is 0 Å². The van der Waals surface area contributed by atoms with Gasteiger partial charge >= 0.3 is 12.4 Å². The highest BCUT2D eigenvalue weighted by Crippen LogP contribution is 2.44. The number of nitrogens with two attached hydrogens (primary N) is 2. The first-order chi connectivity index (χ1) is 20.6. The number of aromatic nitrogens is 1. The van der Waals surface area contributed by atoms with E-state index in [0.717, 1.165) is 37.1 Å². The Balaban J connectivity index is 1.47. The molecule has 2 atom stereocenters. The van der Waals surface area contributed by atoms with Gasteiger partial charge in [-0.05, 0) is 56.2 Å². The normalized spacial score (nSPS) is 17.5. The van der Waals surface area contributed by atoms with Crippen LogP contribution < -0.4 is 26.3 Å². The van der Waals surface area contributed by atoms with Gasteiger partial charge in [0.2, 0.25) is 0 Å². The second-order valence-corrected chi connectivity index (χ2v) is 11.1. The van der Waals surface area contributed by atoms with Gasteiger partial charge in [-0.3, -0.25) is 4.79 Å². The van der Waals surface area contributed by atoms with Crippen LogP contribution in [0, 0.1) is 0 Å². The standard InChI is InChI=1S/C31H30F6N4O3/c1-15-14-43-28-22(15)12-24(41-27(28)17-3-5-20(6-4-17)30(32,33)34)23(31(35,36)37)13-40-29(42)19-10-18(9-16(2)38)26(39)25(11-19)44-21-7-8-21/h3-6,9-12,15,21,23H,7-8,13-14,38-39H2,1-2H3,(H,40,42)/b16-9-. The summed E-state index contributed by atoms with van der Waals surface area (Å²) in [5, 5.41) is 2.36. The molecule has 234 valence electrons. The molecule has 0 radical (unpaired) electrons. The number of rotatable bonds is 8. The number of allylic oxidation sites excluding steroid dienone is 1. The third kappa shape index (κ3) is 6.71. The van der Waals surface area contributed by atoms with Crippen molar-refractivity contribution in [1.29, 1.82) is 0 Å². The molecule has 1 aromatic heterocycles. The zero-order valence-electron chi connectivity index (χ0n) is 23.8. The molecule has 1 aliphatic carbocycles. The highest BCUT2D eigenvalue weighted by Gasteiger charge is 2.43. The van der Waals surface area contributed by atoms with Crippen molar-refractivity contribution in [3.8, 4) is 22.8 Å². The fraction of sp³-hybridized carbons (Fsp3) is 0.355. The van der Waals surface area contributed by atoms with Crippen LogP contribution in [0.1, 0.15) is 71.3 Å². The number of carbonyl (C=O) groups is 1. The maximum absolute atomic E-state index is 14.5. The summed E-state index contributed by atoms with van der Waals surface area (Å²) < 4.78 is 94.4. The van der Waals surface area contributed by atoms with E-state index in [4.69, 9.17) is 20.9 Å². The predicted octanol–water partition coefficient (Wildman–Crippen LogP) is 6.78. The smallest absolute Gasteiger partial charge is 0.416 e. The fourth-order valence-electron chi connectivity index (χ4n) is 4.87. The van der Waals surface area contributed by atoms with Gasteiger partial charge in [-0.25, -0.2) is 4.98 Å². The average molecular weight is 621 g/mol. The first-order valence-corrected chi connectivity index (χ1v) is 13.9. The van der Waals surface area contributed by atoms with Crippen LogP contribution in [0.25, 0.3) is 17.3 Å². The number of hydrogen-bond donors (Lipinski definition) is 3. The molecule has 2 heterocycles. The lowest BCUT2D eigenvalue weighted by molar-refractivity contribution is -0.149. The lowest BCUT2D eigenvalue weighted by Gasteiger charge is -2.22. The first kappa shape index (κ1) is 31.0. The molecule has 0 saturated heterocycles. The molecule has 2 aliphatic rings. The second kappa shape index (κ2) is 11.6. The third-order valence-corrected chi connectivity index (χ3v) is 7.37. The summed E-state index contributed by atoms with van der Waals surface area (Å²) in [5.41, 5.74) is 12.3. The Kier molecular flexibility index (Phi) is 8.17. The third-order valence-electron chi connectivity index (χ3n) is 7.37. The summed E-state index contributed by atoms with van der Waals surface area (Å²) in [6, 6.07) is 8.02. The molecule has 3 aromatic rings. The molecule has 5 rings (SSSR count). The van der Waals surface area contributed by atoms with E-state index in [1.165, 1.54) is 24.3 Å². The summed E-state index contributed by atoms with van der Waals surface area (Å²) in [6.07, 6.45) is -6.31. The maximum atomic E-state index is 14.5. The van der Waals surface area contributed by atoms with Crippen molar-refractivity contribution in [2.45, 2.75) is 57.0 Å². The Labute approximate surface area is 249 Å². The Hall–Kier alpha value is -4.42. The van der Waals surface area contributed by atoms with E-state index in [1.54, 1.807) is 13.8 Å².